The minimum Gasteiger partial charge on any atom is -0.483 e. The fourth-order valence-electron chi connectivity index (χ4n) is 3.90. The molecule has 2 N–H and O–H groups in total. The number of rotatable bonds is 8. The van der Waals surface area contributed by atoms with Crippen LogP contribution in [-0.4, -0.2) is 69.9 Å². The molecule has 1 aliphatic heterocycles. The lowest BCUT2D eigenvalue weighted by Crippen LogP contribution is -2.47. The first-order valence-electron chi connectivity index (χ1n) is 11.9. The summed E-state index contributed by atoms with van der Waals surface area (Å²) in [7, 11) is -1.72. The van der Waals surface area contributed by atoms with E-state index in [1.807, 2.05) is 11.9 Å². The van der Waals surface area contributed by atoms with Gasteiger partial charge in [-0.15, -0.1) is 0 Å². The monoisotopic (exact) mass is 522 g/mol. The van der Waals surface area contributed by atoms with Crippen molar-refractivity contribution in [1.82, 2.24) is 9.80 Å². The van der Waals surface area contributed by atoms with E-state index < -0.39 is 10.0 Å². The first-order chi connectivity index (χ1) is 17.7. The Morgan fingerprint density at radius 3 is 2.22 bits per heavy atom. The normalized spacial score (nSPS) is 14.2. The number of aryl methyl sites for hydroxylation is 1. The van der Waals surface area contributed by atoms with Crippen LogP contribution in [0.25, 0.3) is 0 Å². The molecule has 3 aromatic carbocycles. The van der Waals surface area contributed by atoms with Gasteiger partial charge in [0.1, 0.15) is 5.75 Å². The molecular weight excluding hydrogens is 492 g/mol. The Morgan fingerprint density at radius 1 is 0.892 bits per heavy atom. The van der Waals surface area contributed by atoms with E-state index in [1.165, 1.54) is 18.2 Å². The summed E-state index contributed by atoms with van der Waals surface area (Å²) in [5.41, 5.74) is 2.17. The Bertz CT molecular complexity index is 1350. The second-order valence-corrected chi connectivity index (χ2v) is 10.6. The number of amides is 2. The molecule has 10 heteroatoms. The number of ether oxygens (including phenoxy) is 1. The van der Waals surface area contributed by atoms with Crippen LogP contribution >= 0.6 is 0 Å². The number of benzene rings is 3. The van der Waals surface area contributed by atoms with Crippen molar-refractivity contribution in [2.45, 2.75) is 11.8 Å². The number of carbonyl (C=O) groups is 2. The Labute approximate surface area is 217 Å². The molecule has 3 aromatic rings. The highest BCUT2D eigenvalue weighted by Gasteiger charge is 2.20. The van der Waals surface area contributed by atoms with Gasteiger partial charge >= 0.3 is 0 Å². The molecular formula is C27H30N4O5S. The Balaban J connectivity index is 1.30. The maximum Gasteiger partial charge on any atom is 0.262 e. The largest absolute Gasteiger partial charge is 0.483 e. The Kier molecular flexibility index (Phi) is 8.10. The highest BCUT2D eigenvalue weighted by molar-refractivity contribution is 7.92. The van der Waals surface area contributed by atoms with Crippen molar-refractivity contribution >= 4 is 33.2 Å². The van der Waals surface area contributed by atoms with Crippen LogP contribution in [-0.2, 0) is 14.8 Å². The van der Waals surface area contributed by atoms with E-state index in [0.717, 1.165) is 13.1 Å². The molecule has 1 saturated heterocycles. The maximum atomic E-state index is 12.7. The van der Waals surface area contributed by atoms with Crippen molar-refractivity contribution in [2.75, 3.05) is 49.9 Å². The summed E-state index contributed by atoms with van der Waals surface area (Å²) >= 11 is 0. The molecule has 0 spiro atoms. The summed E-state index contributed by atoms with van der Waals surface area (Å²) in [5.74, 6) is 0.0103. The van der Waals surface area contributed by atoms with Gasteiger partial charge in [0.25, 0.3) is 21.8 Å². The number of likely N-dealkylation sites (N-methyl/N-ethyl adjacent to an activating group) is 1. The topological polar surface area (TPSA) is 108 Å². The van der Waals surface area contributed by atoms with Crippen LogP contribution in [0.3, 0.4) is 0 Å². The van der Waals surface area contributed by atoms with E-state index >= 15 is 0 Å². The zero-order valence-corrected chi connectivity index (χ0v) is 21.6. The molecule has 0 unspecified atom stereocenters. The minimum atomic E-state index is -3.76. The third-order valence-electron chi connectivity index (χ3n) is 6.05. The number of hydrogen-bond donors (Lipinski definition) is 2. The van der Waals surface area contributed by atoms with Crippen molar-refractivity contribution in [3.8, 4) is 5.75 Å². The lowest BCUT2D eigenvalue weighted by Gasteiger charge is -2.32. The van der Waals surface area contributed by atoms with Gasteiger partial charge in [0.05, 0.1) is 4.90 Å². The lowest BCUT2D eigenvalue weighted by molar-refractivity contribution is -0.118. The van der Waals surface area contributed by atoms with Gasteiger partial charge in [-0.25, -0.2) is 8.42 Å². The summed E-state index contributed by atoms with van der Waals surface area (Å²) in [6.07, 6.45) is 0. The number of para-hydroxylation sites is 1. The van der Waals surface area contributed by atoms with E-state index in [4.69, 9.17) is 4.74 Å². The quantitative estimate of drug-likeness (QED) is 0.471. The molecule has 2 amide bonds. The van der Waals surface area contributed by atoms with Gasteiger partial charge in [0.2, 0.25) is 0 Å². The summed E-state index contributed by atoms with van der Waals surface area (Å²) < 4.78 is 33.5. The van der Waals surface area contributed by atoms with Gasteiger partial charge in [-0.2, -0.15) is 0 Å². The predicted molar refractivity (Wildman–Crippen MR) is 142 cm³/mol. The third-order valence-corrected chi connectivity index (χ3v) is 7.43. The number of sulfonamides is 1. The summed E-state index contributed by atoms with van der Waals surface area (Å²) in [5, 5.41) is 2.74. The van der Waals surface area contributed by atoms with Gasteiger partial charge in [-0.05, 0) is 74.1 Å². The SMILES string of the molecule is Cc1cc(S(=O)(=O)Nc2ccccc2)ccc1OCC(=O)Nc1ccc(C(=O)N2CCN(C)CC2)cc1. The zero-order valence-electron chi connectivity index (χ0n) is 20.8. The number of piperazine rings is 1. The molecule has 1 aliphatic rings. The van der Waals surface area contributed by atoms with E-state index in [0.29, 0.717) is 41.3 Å². The van der Waals surface area contributed by atoms with Crippen molar-refractivity contribution in [3.63, 3.8) is 0 Å². The number of nitrogens with zero attached hydrogens (tertiary/aromatic N) is 2. The van der Waals surface area contributed by atoms with Crippen LogP contribution in [0, 0.1) is 6.92 Å². The van der Waals surface area contributed by atoms with Crippen molar-refractivity contribution < 1.29 is 22.7 Å². The third kappa shape index (κ3) is 6.87. The molecule has 37 heavy (non-hydrogen) atoms. The van der Waals surface area contributed by atoms with Gasteiger partial charge in [0, 0.05) is 43.1 Å². The average molecular weight is 523 g/mol. The van der Waals surface area contributed by atoms with Gasteiger partial charge in [0.15, 0.2) is 6.61 Å². The standard InChI is InChI=1S/C27H30N4O5S/c1-20-18-24(37(34,35)29-23-6-4-3-5-7-23)12-13-25(20)36-19-26(32)28-22-10-8-21(9-11-22)27(33)31-16-14-30(2)15-17-31/h3-13,18,29H,14-17,19H2,1-2H3,(H,28,32). The molecule has 9 nitrogen and oxygen atoms in total. The highest BCUT2D eigenvalue weighted by atomic mass is 32.2. The van der Waals surface area contributed by atoms with Crippen LogP contribution in [0.4, 0.5) is 11.4 Å². The van der Waals surface area contributed by atoms with E-state index in [2.05, 4.69) is 14.9 Å². The molecule has 0 bridgehead atoms. The van der Waals surface area contributed by atoms with Crippen LogP contribution in [0.5, 0.6) is 5.75 Å². The highest BCUT2D eigenvalue weighted by Crippen LogP contribution is 2.24. The number of nitrogens with one attached hydrogen (secondary N) is 2. The van der Waals surface area contributed by atoms with Gasteiger partial charge in [-0.1, -0.05) is 18.2 Å². The van der Waals surface area contributed by atoms with Crippen LogP contribution in [0.15, 0.2) is 77.7 Å². The summed E-state index contributed by atoms with van der Waals surface area (Å²) in [6, 6.07) is 19.8. The molecule has 1 fully saturated rings. The summed E-state index contributed by atoms with van der Waals surface area (Å²) in [4.78, 5) is 29.2. The van der Waals surface area contributed by atoms with Crippen molar-refractivity contribution in [1.29, 1.82) is 0 Å². The second kappa shape index (κ2) is 11.4. The molecule has 194 valence electrons. The van der Waals surface area contributed by atoms with E-state index in [1.54, 1.807) is 61.5 Å². The van der Waals surface area contributed by atoms with E-state index in [-0.39, 0.29) is 23.3 Å². The first-order valence-corrected chi connectivity index (χ1v) is 13.4. The van der Waals surface area contributed by atoms with Crippen LogP contribution in [0.1, 0.15) is 15.9 Å². The molecule has 0 radical (unpaired) electrons. The molecule has 0 saturated carbocycles. The predicted octanol–water partition coefficient (Wildman–Crippen LogP) is 3.20. The fraction of sp³-hybridized carbons (Fsp3) is 0.259. The lowest BCUT2D eigenvalue weighted by atomic mass is 10.1. The second-order valence-electron chi connectivity index (χ2n) is 8.91. The number of carbonyl (C=O) groups excluding carboxylic acids is 2. The average Bonchev–Trinajstić information content (AvgIpc) is 2.89. The van der Waals surface area contributed by atoms with Crippen molar-refractivity contribution in [3.05, 3.63) is 83.9 Å². The minimum absolute atomic E-state index is 0.0192. The zero-order chi connectivity index (χ0) is 26.4. The van der Waals surface area contributed by atoms with Crippen molar-refractivity contribution in [2.24, 2.45) is 0 Å². The number of hydrogen-bond acceptors (Lipinski definition) is 6. The summed E-state index contributed by atoms with van der Waals surface area (Å²) in [6.45, 7) is 4.55. The van der Waals surface area contributed by atoms with Gasteiger partial charge < -0.3 is 19.9 Å². The smallest absolute Gasteiger partial charge is 0.262 e. The Morgan fingerprint density at radius 2 is 1.57 bits per heavy atom. The van der Waals surface area contributed by atoms with Gasteiger partial charge in [-0.3, -0.25) is 14.3 Å². The number of anilines is 2. The first kappa shape index (κ1) is 26.2. The molecule has 4 rings (SSSR count). The molecule has 1 heterocycles. The fourth-order valence-corrected chi connectivity index (χ4v) is 5.04. The van der Waals surface area contributed by atoms with E-state index in [9.17, 15) is 18.0 Å². The van der Waals surface area contributed by atoms with Crippen LogP contribution in [0.2, 0.25) is 0 Å². The molecule has 0 atom stereocenters. The maximum absolute atomic E-state index is 12.7. The van der Waals surface area contributed by atoms with Crippen LogP contribution < -0.4 is 14.8 Å². The Hall–Kier alpha value is -3.89. The molecule has 0 aromatic heterocycles. The molecule has 0 aliphatic carbocycles.